The second-order valence-electron chi connectivity index (χ2n) is 5.85. The van der Waals surface area contributed by atoms with E-state index in [1.165, 1.54) is 23.9 Å². The minimum absolute atomic E-state index is 0.581. The normalized spacial score (nSPS) is 14.3. The standard InChI is InChI=1S/C16H38O3SSi2/c1-8-17-22(18-9-2,19-10-3)15-16(7)14-20-21(11-4,12-5)13-6/h16H,8-15H2,1-7H3. The molecule has 0 aliphatic heterocycles. The van der Waals surface area contributed by atoms with Crippen molar-refractivity contribution in [3.8, 4) is 0 Å². The lowest BCUT2D eigenvalue weighted by Crippen LogP contribution is -2.47. The Morgan fingerprint density at radius 3 is 1.50 bits per heavy atom. The van der Waals surface area contributed by atoms with Crippen molar-refractivity contribution in [2.75, 3.05) is 25.6 Å². The van der Waals surface area contributed by atoms with Crippen molar-refractivity contribution in [2.24, 2.45) is 5.92 Å². The monoisotopic (exact) mass is 366 g/mol. The summed E-state index contributed by atoms with van der Waals surface area (Å²) in [6.45, 7) is 17.5. The zero-order chi connectivity index (χ0) is 17.1. The van der Waals surface area contributed by atoms with Crippen molar-refractivity contribution in [2.45, 2.75) is 72.6 Å². The molecular weight excluding hydrogens is 328 g/mol. The maximum Gasteiger partial charge on any atom is 0.501 e. The topological polar surface area (TPSA) is 27.7 Å². The van der Waals surface area contributed by atoms with Crippen LogP contribution in [0.3, 0.4) is 0 Å². The highest BCUT2D eigenvalue weighted by molar-refractivity contribution is 8.28. The van der Waals surface area contributed by atoms with E-state index in [0.717, 1.165) is 6.04 Å². The molecule has 0 saturated carbocycles. The fourth-order valence-corrected chi connectivity index (χ4v) is 12.6. The minimum atomic E-state index is -2.48. The first-order chi connectivity index (χ1) is 10.5. The van der Waals surface area contributed by atoms with Gasteiger partial charge in [0.05, 0.1) is 0 Å². The molecule has 0 N–H and O–H groups in total. The second kappa shape index (κ2) is 12.1. The molecule has 0 aliphatic carbocycles. The van der Waals surface area contributed by atoms with E-state index in [4.69, 9.17) is 13.3 Å². The molecule has 3 nitrogen and oxygen atoms in total. The van der Waals surface area contributed by atoms with Crippen LogP contribution in [0.2, 0.25) is 24.2 Å². The maximum atomic E-state index is 5.99. The van der Waals surface area contributed by atoms with Crippen molar-refractivity contribution in [3.05, 3.63) is 0 Å². The smallest absolute Gasteiger partial charge is 0.374 e. The van der Waals surface area contributed by atoms with Gasteiger partial charge in [0.1, 0.15) is 7.22 Å². The van der Waals surface area contributed by atoms with E-state index in [1.807, 2.05) is 20.8 Å². The van der Waals surface area contributed by atoms with Gasteiger partial charge in [0, 0.05) is 25.9 Å². The third kappa shape index (κ3) is 7.49. The Kier molecular flexibility index (Phi) is 12.5. The van der Waals surface area contributed by atoms with Crippen molar-refractivity contribution < 1.29 is 13.3 Å². The zero-order valence-electron chi connectivity index (χ0n) is 15.9. The Hall–Kier alpha value is 0.664. The van der Waals surface area contributed by atoms with Gasteiger partial charge in [0.2, 0.25) is 0 Å². The van der Waals surface area contributed by atoms with Gasteiger partial charge in [0.25, 0.3) is 0 Å². The molecule has 0 saturated heterocycles. The van der Waals surface area contributed by atoms with Crippen molar-refractivity contribution in [3.63, 3.8) is 0 Å². The van der Waals surface area contributed by atoms with E-state index in [-0.39, 0.29) is 0 Å². The van der Waals surface area contributed by atoms with Crippen LogP contribution in [0.4, 0.5) is 0 Å². The fraction of sp³-hybridized carbons (Fsp3) is 1.00. The highest BCUT2D eigenvalue weighted by Gasteiger charge is 2.42. The third-order valence-electron chi connectivity index (χ3n) is 4.30. The van der Waals surface area contributed by atoms with Gasteiger partial charge >= 0.3 is 8.80 Å². The first-order valence-electron chi connectivity index (χ1n) is 9.02. The summed E-state index contributed by atoms with van der Waals surface area (Å²) in [5, 5.41) is 0. The predicted octanol–water partition coefficient (Wildman–Crippen LogP) is 5.41. The van der Waals surface area contributed by atoms with Crippen LogP contribution in [0.1, 0.15) is 48.5 Å². The van der Waals surface area contributed by atoms with Crippen LogP contribution in [-0.4, -0.2) is 41.6 Å². The Bertz CT molecular complexity index is 251. The molecule has 0 bridgehead atoms. The summed E-state index contributed by atoms with van der Waals surface area (Å²) in [4.78, 5) is 0. The lowest BCUT2D eigenvalue weighted by atomic mass is 10.3. The number of hydrogen-bond acceptors (Lipinski definition) is 4. The largest absolute Gasteiger partial charge is 0.501 e. The van der Waals surface area contributed by atoms with Crippen molar-refractivity contribution >= 4 is 27.2 Å². The highest BCUT2D eigenvalue weighted by atomic mass is 32.4. The van der Waals surface area contributed by atoms with E-state index in [9.17, 15) is 0 Å². The molecule has 0 heterocycles. The van der Waals surface area contributed by atoms with Gasteiger partial charge in [-0.1, -0.05) is 45.8 Å². The van der Waals surface area contributed by atoms with E-state index < -0.39 is 16.0 Å². The Labute approximate surface area is 144 Å². The summed E-state index contributed by atoms with van der Waals surface area (Å²) < 4.78 is 18.0. The van der Waals surface area contributed by atoms with Crippen LogP contribution in [0.25, 0.3) is 0 Å². The molecule has 0 aliphatic rings. The van der Waals surface area contributed by atoms with E-state index in [2.05, 4.69) is 38.9 Å². The van der Waals surface area contributed by atoms with Crippen molar-refractivity contribution in [1.29, 1.82) is 0 Å². The van der Waals surface area contributed by atoms with Crippen LogP contribution < -0.4 is 0 Å². The molecule has 1 unspecified atom stereocenters. The summed E-state index contributed by atoms with van der Waals surface area (Å²) in [6, 6.07) is 5.07. The predicted molar refractivity (Wildman–Crippen MR) is 104 cm³/mol. The van der Waals surface area contributed by atoms with E-state index in [1.54, 1.807) is 0 Å². The van der Waals surface area contributed by atoms with E-state index >= 15 is 0 Å². The third-order valence-corrected chi connectivity index (χ3v) is 17.8. The Morgan fingerprint density at radius 1 is 0.773 bits per heavy atom. The van der Waals surface area contributed by atoms with Gasteiger partial charge in [-0.2, -0.15) is 11.2 Å². The first kappa shape index (κ1) is 22.7. The minimum Gasteiger partial charge on any atom is -0.374 e. The van der Waals surface area contributed by atoms with Gasteiger partial charge in [-0.3, -0.25) is 0 Å². The van der Waals surface area contributed by atoms with Gasteiger partial charge < -0.3 is 13.3 Å². The van der Waals surface area contributed by atoms with E-state index in [0.29, 0.717) is 25.7 Å². The maximum absolute atomic E-state index is 5.99. The van der Waals surface area contributed by atoms with Gasteiger partial charge in [-0.05, 0) is 32.4 Å². The van der Waals surface area contributed by atoms with Gasteiger partial charge in [-0.15, -0.1) is 0 Å². The Balaban J connectivity index is 4.70. The SMILES string of the molecule is CCO[Si](CC(C)CS[Si](CC)(CC)CC)(OCC)OCC. The lowest BCUT2D eigenvalue weighted by molar-refractivity contribution is 0.0684. The summed E-state index contributed by atoms with van der Waals surface area (Å²) >= 11 is 2.27. The van der Waals surface area contributed by atoms with Gasteiger partial charge in [-0.25, -0.2) is 0 Å². The van der Waals surface area contributed by atoms with Crippen LogP contribution in [-0.2, 0) is 13.3 Å². The van der Waals surface area contributed by atoms with Crippen LogP contribution in [0.15, 0.2) is 0 Å². The Morgan fingerprint density at radius 2 is 1.18 bits per heavy atom. The highest BCUT2D eigenvalue weighted by Crippen LogP contribution is 2.35. The molecule has 0 fully saturated rings. The first-order valence-corrected chi connectivity index (χ1v) is 15.3. The molecule has 0 aromatic heterocycles. The summed E-state index contributed by atoms with van der Waals surface area (Å²) in [5.41, 5.74) is 0. The molecule has 134 valence electrons. The quantitative estimate of drug-likeness (QED) is 0.384. The molecule has 0 amide bonds. The molecule has 0 rings (SSSR count). The number of rotatable bonds is 14. The summed E-state index contributed by atoms with van der Waals surface area (Å²) in [6.07, 6.45) is 0. The second-order valence-corrected chi connectivity index (χ2v) is 17.1. The van der Waals surface area contributed by atoms with Crippen LogP contribution in [0.5, 0.6) is 0 Å². The van der Waals surface area contributed by atoms with Crippen molar-refractivity contribution in [1.82, 2.24) is 0 Å². The molecule has 1 atom stereocenters. The average molecular weight is 367 g/mol. The molecular formula is C16H38O3SSi2. The van der Waals surface area contributed by atoms with Crippen LogP contribution in [0, 0.1) is 5.92 Å². The zero-order valence-corrected chi connectivity index (χ0v) is 18.7. The van der Waals surface area contributed by atoms with Crippen LogP contribution >= 0.6 is 11.2 Å². The summed E-state index contributed by atoms with van der Waals surface area (Å²) in [7, 11) is -3.58. The number of hydrogen-bond donors (Lipinski definition) is 0. The lowest BCUT2D eigenvalue weighted by Gasteiger charge is -2.32. The molecule has 6 heteroatoms. The average Bonchev–Trinajstić information content (AvgIpc) is 2.50. The summed E-state index contributed by atoms with van der Waals surface area (Å²) in [5.74, 6) is 1.79. The molecule has 0 aromatic rings. The van der Waals surface area contributed by atoms with Gasteiger partial charge in [0.15, 0.2) is 0 Å². The molecule has 0 aromatic carbocycles. The fourth-order valence-electron chi connectivity index (χ4n) is 2.82. The molecule has 22 heavy (non-hydrogen) atoms. The molecule has 0 spiro atoms. The molecule has 0 radical (unpaired) electrons.